The summed E-state index contributed by atoms with van der Waals surface area (Å²) in [4.78, 5) is 20.8. The fourth-order valence-corrected chi connectivity index (χ4v) is 2.13. The highest BCUT2D eigenvalue weighted by molar-refractivity contribution is 7.09. The molecule has 5 nitrogen and oxygen atoms in total. The van der Waals surface area contributed by atoms with Crippen molar-refractivity contribution in [3.63, 3.8) is 0 Å². The second-order valence-electron chi connectivity index (χ2n) is 3.53. The smallest absolute Gasteiger partial charge is 0.270 e. The van der Waals surface area contributed by atoms with Gasteiger partial charge in [-0.1, -0.05) is 6.07 Å². The molecule has 0 aliphatic carbocycles. The number of hydrogen-bond donors (Lipinski definition) is 1. The molecule has 1 amide bonds. The molecule has 0 fully saturated rings. The summed E-state index contributed by atoms with van der Waals surface area (Å²) >= 11 is 1.68. The lowest BCUT2D eigenvalue weighted by molar-refractivity contribution is 0.0948. The van der Waals surface area contributed by atoms with Crippen molar-refractivity contribution in [2.75, 3.05) is 13.7 Å². The van der Waals surface area contributed by atoms with E-state index in [1.807, 2.05) is 17.5 Å². The summed E-state index contributed by atoms with van der Waals surface area (Å²) in [6.07, 6.45) is 2.14. The Labute approximate surface area is 109 Å². The molecule has 1 N–H and O–H groups in total. The van der Waals surface area contributed by atoms with Crippen LogP contribution in [-0.2, 0) is 6.42 Å². The number of carbonyl (C=O) groups excluding carboxylic acids is 1. The molecule has 6 heteroatoms. The van der Waals surface area contributed by atoms with Gasteiger partial charge in [0, 0.05) is 17.5 Å². The number of carbonyl (C=O) groups is 1. The molecule has 0 saturated carbocycles. The van der Waals surface area contributed by atoms with Crippen molar-refractivity contribution in [2.24, 2.45) is 0 Å². The molecule has 0 radical (unpaired) electrons. The van der Waals surface area contributed by atoms with Gasteiger partial charge in [0.1, 0.15) is 12.0 Å². The topological polar surface area (TPSA) is 64.1 Å². The zero-order valence-corrected chi connectivity index (χ0v) is 10.7. The van der Waals surface area contributed by atoms with Gasteiger partial charge in [-0.05, 0) is 17.9 Å². The first-order valence-electron chi connectivity index (χ1n) is 5.46. The summed E-state index contributed by atoms with van der Waals surface area (Å²) in [5.41, 5.74) is 0.313. The first-order chi connectivity index (χ1) is 8.79. The molecule has 2 heterocycles. The molecule has 2 aromatic heterocycles. The minimum Gasteiger partial charge on any atom is -0.481 e. The second-order valence-corrected chi connectivity index (χ2v) is 4.56. The zero-order valence-electron chi connectivity index (χ0n) is 9.92. The Morgan fingerprint density at radius 3 is 3.11 bits per heavy atom. The number of rotatable bonds is 5. The molecule has 2 rings (SSSR count). The average Bonchev–Trinajstić information content (AvgIpc) is 2.92. The minimum atomic E-state index is -0.216. The predicted molar refractivity (Wildman–Crippen MR) is 68.9 cm³/mol. The van der Waals surface area contributed by atoms with Crippen molar-refractivity contribution in [3.05, 3.63) is 40.5 Å². The van der Waals surface area contributed by atoms with Crippen molar-refractivity contribution in [3.8, 4) is 5.88 Å². The molecule has 0 spiro atoms. The molecule has 0 saturated heterocycles. The van der Waals surface area contributed by atoms with E-state index in [-0.39, 0.29) is 5.91 Å². The van der Waals surface area contributed by atoms with Crippen LogP contribution in [0, 0.1) is 0 Å². The van der Waals surface area contributed by atoms with Gasteiger partial charge in [-0.3, -0.25) is 4.79 Å². The lowest BCUT2D eigenvalue weighted by Gasteiger charge is -2.04. The van der Waals surface area contributed by atoms with Crippen molar-refractivity contribution in [1.82, 2.24) is 15.3 Å². The Balaban J connectivity index is 1.87. The van der Waals surface area contributed by atoms with Crippen LogP contribution in [0.15, 0.2) is 29.9 Å². The van der Waals surface area contributed by atoms with Crippen LogP contribution in [0.3, 0.4) is 0 Å². The number of ether oxygens (including phenoxy) is 1. The molecule has 18 heavy (non-hydrogen) atoms. The number of thiophene rings is 1. The Morgan fingerprint density at radius 1 is 1.50 bits per heavy atom. The predicted octanol–water partition coefficient (Wildman–Crippen LogP) is 1.52. The summed E-state index contributed by atoms with van der Waals surface area (Å²) in [5.74, 6) is 0.167. The monoisotopic (exact) mass is 263 g/mol. The Kier molecular flexibility index (Phi) is 4.25. The third kappa shape index (κ3) is 3.27. The number of nitrogens with zero attached hydrogens (tertiary/aromatic N) is 2. The SMILES string of the molecule is COc1cc(C(=O)NCCc2cccs2)ncn1. The Morgan fingerprint density at radius 2 is 2.39 bits per heavy atom. The lowest BCUT2D eigenvalue weighted by atomic mass is 10.3. The van der Waals surface area contributed by atoms with Crippen LogP contribution >= 0.6 is 11.3 Å². The summed E-state index contributed by atoms with van der Waals surface area (Å²) in [6.45, 7) is 0.589. The van der Waals surface area contributed by atoms with E-state index in [1.165, 1.54) is 24.4 Å². The van der Waals surface area contributed by atoms with Crippen molar-refractivity contribution >= 4 is 17.2 Å². The highest BCUT2D eigenvalue weighted by Gasteiger charge is 2.08. The maximum Gasteiger partial charge on any atom is 0.270 e. The molecular weight excluding hydrogens is 250 g/mol. The third-order valence-corrected chi connectivity index (χ3v) is 3.26. The van der Waals surface area contributed by atoms with Gasteiger partial charge in [-0.2, -0.15) is 0 Å². The summed E-state index contributed by atoms with van der Waals surface area (Å²) in [5, 5.41) is 4.83. The highest BCUT2D eigenvalue weighted by atomic mass is 32.1. The van der Waals surface area contributed by atoms with E-state index in [0.717, 1.165) is 6.42 Å². The van der Waals surface area contributed by atoms with Gasteiger partial charge in [0.2, 0.25) is 5.88 Å². The molecule has 0 aliphatic rings. The molecule has 2 aromatic rings. The fraction of sp³-hybridized carbons (Fsp3) is 0.250. The van der Waals surface area contributed by atoms with E-state index in [1.54, 1.807) is 11.3 Å². The molecule has 0 aliphatic heterocycles. The van der Waals surface area contributed by atoms with E-state index in [0.29, 0.717) is 18.1 Å². The van der Waals surface area contributed by atoms with Gasteiger partial charge in [0.15, 0.2) is 0 Å². The largest absolute Gasteiger partial charge is 0.481 e. The van der Waals surface area contributed by atoms with E-state index >= 15 is 0 Å². The van der Waals surface area contributed by atoms with Gasteiger partial charge in [-0.25, -0.2) is 9.97 Å². The van der Waals surface area contributed by atoms with E-state index in [4.69, 9.17) is 4.74 Å². The fourth-order valence-electron chi connectivity index (χ4n) is 1.42. The average molecular weight is 263 g/mol. The summed E-state index contributed by atoms with van der Waals surface area (Å²) in [6, 6.07) is 5.56. The minimum absolute atomic E-state index is 0.216. The van der Waals surface area contributed by atoms with E-state index in [2.05, 4.69) is 15.3 Å². The second kappa shape index (κ2) is 6.11. The van der Waals surface area contributed by atoms with Crippen LogP contribution < -0.4 is 10.1 Å². The normalized spacial score (nSPS) is 10.1. The van der Waals surface area contributed by atoms with Crippen LogP contribution in [0.5, 0.6) is 5.88 Å². The molecule has 0 unspecified atom stereocenters. The first-order valence-corrected chi connectivity index (χ1v) is 6.34. The van der Waals surface area contributed by atoms with Crippen LogP contribution in [0.25, 0.3) is 0 Å². The molecule has 94 valence electrons. The van der Waals surface area contributed by atoms with Gasteiger partial charge in [-0.15, -0.1) is 11.3 Å². The number of methoxy groups -OCH3 is 1. The molecule has 0 atom stereocenters. The number of hydrogen-bond acceptors (Lipinski definition) is 5. The molecule has 0 bridgehead atoms. The maximum atomic E-state index is 11.8. The van der Waals surface area contributed by atoms with Gasteiger partial charge < -0.3 is 10.1 Å². The summed E-state index contributed by atoms with van der Waals surface area (Å²) < 4.78 is 4.94. The highest BCUT2D eigenvalue weighted by Crippen LogP contribution is 2.08. The number of aromatic nitrogens is 2. The molecule has 0 aromatic carbocycles. The zero-order chi connectivity index (χ0) is 12.8. The number of nitrogens with one attached hydrogen (secondary N) is 1. The van der Waals surface area contributed by atoms with Crippen molar-refractivity contribution in [2.45, 2.75) is 6.42 Å². The Bertz CT molecular complexity index is 514. The maximum absolute atomic E-state index is 11.8. The van der Waals surface area contributed by atoms with E-state index in [9.17, 15) is 4.79 Å². The number of amides is 1. The standard InChI is InChI=1S/C12H13N3O2S/c1-17-11-7-10(14-8-15-11)12(16)13-5-4-9-3-2-6-18-9/h2-3,6-8H,4-5H2,1H3,(H,13,16). The van der Waals surface area contributed by atoms with Crippen LogP contribution in [0.1, 0.15) is 15.4 Å². The molecular formula is C12H13N3O2S. The van der Waals surface area contributed by atoms with Crippen molar-refractivity contribution < 1.29 is 9.53 Å². The van der Waals surface area contributed by atoms with Gasteiger partial charge >= 0.3 is 0 Å². The lowest BCUT2D eigenvalue weighted by Crippen LogP contribution is -2.26. The quantitative estimate of drug-likeness (QED) is 0.888. The van der Waals surface area contributed by atoms with Crippen molar-refractivity contribution in [1.29, 1.82) is 0 Å². The first kappa shape index (κ1) is 12.5. The van der Waals surface area contributed by atoms with E-state index < -0.39 is 0 Å². The van der Waals surface area contributed by atoms with Crippen LogP contribution in [-0.4, -0.2) is 29.5 Å². The van der Waals surface area contributed by atoms with Gasteiger partial charge in [0.25, 0.3) is 5.91 Å². The Hall–Kier alpha value is -1.95. The van der Waals surface area contributed by atoms with Crippen LogP contribution in [0.2, 0.25) is 0 Å². The summed E-state index contributed by atoms with van der Waals surface area (Å²) in [7, 11) is 1.50. The van der Waals surface area contributed by atoms with Crippen LogP contribution in [0.4, 0.5) is 0 Å². The van der Waals surface area contributed by atoms with Gasteiger partial charge in [0.05, 0.1) is 7.11 Å². The third-order valence-electron chi connectivity index (χ3n) is 2.32.